The van der Waals surface area contributed by atoms with Crippen LogP contribution in [0.1, 0.15) is 64.2 Å². The first kappa shape index (κ1) is 12.0. The summed E-state index contributed by atoms with van der Waals surface area (Å²) in [5.74, 6) is 0. The lowest BCUT2D eigenvalue weighted by Gasteiger charge is -2.28. The first-order valence-corrected chi connectivity index (χ1v) is 6.26. The molecule has 1 saturated carbocycles. The minimum Gasteiger partial charge on any atom is -0.330 e. The molecule has 14 heavy (non-hydrogen) atoms. The maximum Gasteiger partial charge on any atom is 0.0154 e. The number of rotatable bonds is 5. The van der Waals surface area contributed by atoms with Crippen LogP contribution >= 0.6 is 0 Å². The Balaban J connectivity index is 2.17. The van der Waals surface area contributed by atoms with Crippen molar-refractivity contribution in [2.45, 2.75) is 69.7 Å². The van der Waals surface area contributed by atoms with Gasteiger partial charge in [0.15, 0.2) is 0 Å². The first-order chi connectivity index (χ1) is 6.77. The van der Waals surface area contributed by atoms with Crippen LogP contribution in [0.5, 0.6) is 0 Å². The van der Waals surface area contributed by atoms with Gasteiger partial charge in [-0.2, -0.15) is 0 Å². The van der Waals surface area contributed by atoms with Gasteiger partial charge >= 0.3 is 0 Å². The molecular formula is C12H26N2. The molecule has 1 aliphatic carbocycles. The van der Waals surface area contributed by atoms with Crippen molar-refractivity contribution in [1.82, 2.24) is 0 Å². The van der Waals surface area contributed by atoms with E-state index >= 15 is 0 Å². The smallest absolute Gasteiger partial charge is 0.0154 e. The fourth-order valence-corrected chi connectivity index (χ4v) is 2.48. The largest absolute Gasteiger partial charge is 0.330 e. The highest BCUT2D eigenvalue weighted by Gasteiger charge is 2.24. The number of hydrogen-bond donors (Lipinski definition) is 2. The Hall–Kier alpha value is -0.0800. The summed E-state index contributed by atoms with van der Waals surface area (Å²) in [6.07, 6.45) is 12.9. The zero-order valence-corrected chi connectivity index (χ0v) is 9.43. The summed E-state index contributed by atoms with van der Waals surface area (Å²) >= 11 is 0. The monoisotopic (exact) mass is 198 g/mol. The maximum absolute atomic E-state index is 6.41. The molecule has 0 atom stereocenters. The molecule has 0 spiro atoms. The van der Waals surface area contributed by atoms with Crippen molar-refractivity contribution < 1.29 is 0 Å². The fraction of sp³-hybridized carbons (Fsp3) is 1.00. The molecule has 0 aliphatic heterocycles. The van der Waals surface area contributed by atoms with Crippen molar-refractivity contribution in [3.63, 3.8) is 0 Å². The van der Waals surface area contributed by atoms with Crippen LogP contribution in [0.25, 0.3) is 0 Å². The molecule has 2 heteroatoms. The van der Waals surface area contributed by atoms with Gasteiger partial charge in [0.2, 0.25) is 0 Å². The third-order valence-corrected chi connectivity index (χ3v) is 3.48. The summed E-state index contributed by atoms with van der Waals surface area (Å²) in [4.78, 5) is 0. The van der Waals surface area contributed by atoms with Gasteiger partial charge in [-0.3, -0.25) is 0 Å². The molecule has 2 nitrogen and oxygen atoms in total. The van der Waals surface area contributed by atoms with E-state index in [0.717, 1.165) is 13.0 Å². The molecule has 0 aromatic carbocycles. The van der Waals surface area contributed by atoms with Crippen LogP contribution in [0, 0.1) is 0 Å². The minimum atomic E-state index is 0.172. The van der Waals surface area contributed by atoms with Gasteiger partial charge in [-0.25, -0.2) is 0 Å². The van der Waals surface area contributed by atoms with Crippen LogP contribution in [0.2, 0.25) is 0 Å². The van der Waals surface area contributed by atoms with E-state index < -0.39 is 0 Å². The highest BCUT2D eigenvalue weighted by molar-refractivity contribution is 4.85. The van der Waals surface area contributed by atoms with Crippen LogP contribution in [0.3, 0.4) is 0 Å². The van der Waals surface area contributed by atoms with Gasteiger partial charge in [0.1, 0.15) is 0 Å². The summed E-state index contributed by atoms with van der Waals surface area (Å²) < 4.78 is 0. The normalized spacial score (nSPS) is 21.9. The second-order valence-corrected chi connectivity index (χ2v) is 4.88. The van der Waals surface area contributed by atoms with Gasteiger partial charge in [-0.15, -0.1) is 0 Å². The molecule has 1 fully saturated rings. The van der Waals surface area contributed by atoms with E-state index in [1.165, 1.54) is 57.8 Å². The van der Waals surface area contributed by atoms with Gasteiger partial charge in [0.05, 0.1) is 0 Å². The molecule has 0 heterocycles. The Morgan fingerprint density at radius 3 is 2.07 bits per heavy atom. The van der Waals surface area contributed by atoms with E-state index in [0.29, 0.717) is 0 Å². The van der Waals surface area contributed by atoms with E-state index in [2.05, 4.69) is 0 Å². The Labute approximate surface area is 88.4 Å². The van der Waals surface area contributed by atoms with Gasteiger partial charge in [0.25, 0.3) is 0 Å². The lowest BCUT2D eigenvalue weighted by atomic mass is 9.86. The van der Waals surface area contributed by atoms with Gasteiger partial charge in [-0.1, -0.05) is 38.5 Å². The van der Waals surface area contributed by atoms with Crippen molar-refractivity contribution in [3.8, 4) is 0 Å². The molecule has 1 rings (SSSR count). The average Bonchev–Trinajstić information content (AvgIpc) is 2.39. The zero-order valence-electron chi connectivity index (χ0n) is 9.43. The Morgan fingerprint density at radius 1 is 0.857 bits per heavy atom. The lowest BCUT2D eigenvalue weighted by molar-refractivity contribution is 0.332. The Morgan fingerprint density at radius 2 is 1.50 bits per heavy atom. The molecule has 0 radical (unpaired) electrons. The molecular weight excluding hydrogens is 172 g/mol. The molecule has 0 unspecified atom stereocenters. The summed E-state index contributed by atoms with van der Waals surface area (Å²) in [5.41, 5.74) is 12.1. The van der Waals surface area contributed by atoms with Crippen LogP contribution < -0.4 is 11.5 Å². The van der Waals surface area contributed by atoms with Crippen LogP contribution in [0.15, 0.2) is 0 Å². The molecule has 0 saturated heterocycles. The van der Waals surface area contributed by atoms with Crippen molar-refractivity contribution in [3.05, 3.63) is 0 Å². The minimum absolute atomic E-state index is 0.172. The topological polar surface area (TPSA) is 52.0 Å². The highest BCUT2D eigenvalue weighted by atomic mass is 14.7. The van der Waals surface area contributed by atoms with E-state index in [9.17, 15) is 0 Å². The van der Waals surface area contributed by atoms with Crippen LogP contribution in [0.4, 0.5) is 0 Å². The van der Waals surface area contributed by atoms with Gasteiger partial charge in [0, 0.05) is 5.54 Å². The van der Waals surface area contributed by atoms with Crippen molar-refractivity contribution >= 4 is 0 Å². The molecule has 0 bridgehead atoms. The van der Waals surface area contributed by atoms with Crippen molar-refractivity contribution in [2.24, 2.45) is 11.5 Å². The second kappa shape index (κ2) is 6.41. The molecule has 84 valence electrons. The molecule has 1 aliphatic rings. The molecule has 0 amide bonds. The number of nitrogens with two attached hydrogens (primary N) is 2. The maximum atomic E-state index is 6.41. The summed E-state index contributed by atoms with van der Waals surface area (Å²) in [7, 11) is 0. The quantitative estimate of drug-likeness (QED) is 0.527. The summed E-state index contributed by atoms with van der Waals surface area (Å²) in [6.45, 7) is 0.831. The van der Waals surface area contributed by atoms with E-state index in [4.69, 9.17) is 11.5 Å². The number of hydrogen-bond acceptors (Lipinski definition) is 2. The van der Waals surface area contributed by atoms with E-state index in [-0.39, 0.29) is 5.54 Å². The second-order valence-electron chi connectivity index (χ2n) is 4.88. The van der Waals surface area contributed by atoms with Gasteiger partial charge in [-0.05, 0) is 32.2 Å². The molecule has 0 aromatic rings. The summed E-state index contributed by atoms with van der Waals surface area (Å²) in [6, 6.07) is 0. The number of unbranched alkanes of at least 4 members (excludes halogenated alkanes) is 2. The predicted octanol–water partition coefficient (Wildman–Crippen LogP) is 2.56. The third kappa shape index (κ3) is 4.43. The lowest BCUT2D eigenvalue weighted by Crippen LogP contribution is -2.39. The van der Waals surface area contributed by atoms with E-state index in [1.54, 1.807) is 0 Å². The molecule has 4 N–H and O–H groups in total. The van der Waals surface area contributed by atoms with Crippen LogP contribution in [-0.2, 0) is 0 Å². The zero-order chi connectivity index (χ0) is 10.3. The van der Waals surface area contributed by atoms with E-state index in [1.807, 2.05) is 0 Å². The standard InChI is InChI=1S/C12H26N2/c13-11-7-3-6-10-12(14)8-4-1-2-5-9-12/h1-11,13-14H2. The molecule has 0 aromatic heterocycles. The predicted molar refractivity (Wildman–Crippen MR) is 62.1 cm³/mol. The Bertz CT molecular complexity index is 137. The highest BCUT2D eigenvalue weighted by Crippen LogP contribution is 2.29. The average molecular weight is 198 g/mol. The van der Waals surface area contributed by atoms with Crippen molar-refractivity contribution in [2.75, 3.05) is 6.54 Å². The first-order valence-electron chi connectivity index (χ1n) is 6.26. The summed E-state index contributed by atoms with van der Waals surface area (Å²) in [5, 5.41) is 0. The van der Waals surface area contributed by atoms with Gasteiger partial charge < -0.3 is 11.5 Å². The van der Waals surface area contributed by atoms with Crippen molar-refractivity contribution in [1.29, 1.82) is 0 Å². The van der Waals surface area contributed by atoms with Crippen LogP contribution in [-0.4, -0.2) is 12.1 Å². The Kier molecular flexibility index (Phi) is 5.49. The fourth-order valence-electron chi connectivity index (χ4n) is 2.48. The SMILES string of the molecule is NCCCCCC1(N)CCCCCC1. The third-order valence-electron chi connectivity index (χ3n) is 3.48.